The first-order chi connectivity index (χ1) is 9.21. The van der Waals surface area contributed by atoms with E-state index < -0.39 is 10.1 Å². The summed E-state index contributed by atoms with van der Waals surface area (Å²) in [7, 11) is -1.85. The standard InChI is InChI=1S/C12H25NO3S.CO2/c1-4-11-9-13(3,10-12(11)5-2)7-6-8-17(14,15)16;2-1-3/h11-12H,4-10H2,1-3H3;. The lowest BCUT2D eigenvalue weighted by Crippen LogP contribution is -2.43. The fraction of sp³-hybridized carbons (Fsp3) is 0.923. The zero-order chi connectivity index (χ0) is 15.8. The van der Waals surface area contributed by atoms with Gasteiger partial charge < -0.3 is 9.04 Å². The molecule has 0 saturated carbocycles. The van der Waals surface area contributed by atoms with E-state index in [9.17, 15) is 13.0 Å². The molecule has 1 fully saturated rings. The summed E-state index contributed by atoms with van der Waals surface area (Å²) in [6.45, 7) is 7.53. The maximum Gasteiger partial charge on any atom is 0.373 e. The molecule has 0 amide bonds. The second-order valence-electron chi connectivity index (χ2n) is 5.74. The van der Waals surface area contributed by atoms with Crippen LogP contribution in [0.25, 0.3) is 0 Å². The van der Waals surface area contributed by atoms with Crippen molar-refractivity contribution in [3.63, 3.8) is 0 Å². The second-order valence-corrected chi connectivity index (χ2v) is 7.27. The molecule has 0 N–H and O–H groups in total. The molecule has 0 aromatic heterocycles. The Morgan fingerprint density at radius 1 is 1.15 bits per heavy atom. The van der Waals surface area contributed by atoms with E-state index in [1.807, 2.05) is 0 Å². The largest absolute Gasteiger partial charge is 0.748 e. The Bertz CT molecular complexity index is 402. The number of likely N-dealkylation sites (tertiary alicyclic amines) is 1. The van der Waals surface area contributed by atoms with Gasteiger partial charge in [-0.15, -0.1) is 0 Å². The van der Waals surface area contributed by atoms with Gasteiger partial charge in [-0.3, -0.25) is 0 Å². The topological polar surface area (TPSA) is 91.3 Å². The molecule has 0 spiro atoms. The summed E-state index contributed by atoms with van der Waals surface area (Å²) in [4.78, 5) is 16.2. The van der Waals surface area contributed by atoms with Crippen molar-refractivity contribution in [2.75, 3.05) is 32.4 Å². The Balaban J connectivity index is 0.00000110. The number of rotatable bonds is 6. The van der Waals surface area contributed by atoms with Gasteiger partial charge in [0.2, 0.25) is 0 Å². The van der Waals surface area contributed by atoms with E-state index in [2.05, 4.69) is 20.9 Å². The smallest absolute Gasteiger partial charge is 0.373 e. The van der Waals surface area contributed by atoms with Crippen LogP contribution < -0.4 is 0 Å². The number of quaternary nitrogens is 1. The van der Waals surface area contributed by atoms with Crippen LogP contribution in [-0.4, -0.2) is 56.0 Å². The quantitative estimate of drug-likeness (QED) is 0.536. The van der Waals surface area contributed by atoms with E-state index in [0.717, 1.165) is 36.0 Å². The van der Waals surface area contributed by atoms with E-state index in [1.54, 1.807) is 0 Å². The maximum absolute atomic E-state index is 10.6. The highest BCUT2D eigenvalue weighted by Gasteiger charge is 2.40. The van der Waals surface area contributed by atoms with Crippen molar-refractivity contribution >= 4 is 16.3 Å². The van der Waals surface area contributed by atoms with Crippen molar-refractivity contribution in [1.82, 2.24) is 0 Å². The average molecular weight is 307 g/mol. The van der Waals surface area contributed by atoms with Gasteiger partial charge in [0.1, 0.15) is 0 Å². The van der Waals surface area contributed by atoms with Crippen LogP contribution in [0.2, 0.25) is 0 Å². The minimum Gasteiger partial charge on any atom is -0.748 e. The fourth-order valence-corrected chi connectivity index (χ4v) is 3.72. The Kier molecular flexibility index (Phi) is 8.20. The Labute approximate surface area is 121 Å². The summed E-state index contributed by atoms with van der Waals surface area (Å²) < 4.78 is 32.7. The van der Waals surface area contributed by atoms with Crippen LogP contribution in [0.1, 0.15) is 33.1 Å². The molecule has 1 saturated heterocycles. The molecule has 0 aromatic rings. The maximum atomic E-state index is 10.6. The van der Waals surface area contributed by atoms with E-state index in [1.165, 1.54) is 12.8 Å². The van der Waals surface area contributed by atoms with Crippen molar-refractivity contribution < 1.29 is 27.0 Å². The molecule has 1 rings (SSSR count). The Hall–Kier alpha value is -0.750. The van der Waals surface area contributed by atoms with Gasteiger partial charge in [-0.1, -0.05) is 13.8 Å². The molecule has 1 aliphatic heterocycles. The van der Waals surface area contributed by atoms with Gasteiger partial charge in [0.15, 0.2) is 0 Å². The van der Waals surface area contributed by atoms with Gasteiger partial charge in [0.25, 0.3) is 0 Å². The van der Waals surface area contributed by atoms with Gasteiger partial charge in [0, 0.05) is 24.0 Å². The van der Waals surface area contributed by atoms with Crippen molar-refractivity contribution in [1.29, 1.82) is 0 Å². The number of hydrogen-bond donors (Lipinski definition) is 0. The van der Waals surface area contributed by atoms with Gasteiger partial charge in [-0.25, -0.2) is 8.42 Å². The molecule has 6 nitrogen and oxygen atoms in total. The van der Waals surface area contributed by atoms with E-state index in [-0.39, 0.29) is 11.9 Å². The Morgan fingerprint density at radius 2 is 1.55 bits per heavy atom. The van der Waals surface area contributed by atoms with E-state index in [4.69, 9.17) is 9.59 Å². The molecule has 0 radical (unpaired) electrons. The first-order valence-electron chi connectivity index (χ1n) is 6.97. The number of carbonyl (C=O) groups excluding carboxylic acids is 2. The molecule has 2 atom stereocenters. The lowest BCUT2D eigenvalue weighted by atomic mass is 9.92. The lowest BCUT2D eigenvalue weighted by molar-refractivity contribution is -0.900. The van der Waals surface area contributed by atoms with Crippen molar-refractivity contribution in [3.05, 3.63) is 0 Å². The molecular weight excluding hydrogens is 282 g/mol. The highest BCUT2D eigenvalue weighted by atomic mass is 32.2. The molecule has 0 aromatic carbocycles. The lowest BCUT2D eigenvalue weighted by Gasteiger charge is -2.30. The van der Waals surface area contributed by atoms with Gasteiger partial charge >= 0.3 is 6.15 Å². The molecule has 0 aliphatic carbocycles. The summed E-state index contributed by atoms with van der Waals surface area (Å²) in [5, 5.41) is 0. The van der Waals surface area contributed by atoms with Crippen molar-refractivity contribution in [2.24, 2.45) is 11.8 Å². The molecule has 20 heavy (non-hydrogen) atoms. The van der Waals surface area contributed by atoms with Crippen LogP contribution in [0.5, 0.6) is 0 Å². The molecule has 0 bridgehead atoms. The predicted octanol–water partition coefficient (Wildman–Crippen LogP) is 0.851. The number of nitrogens with zero attached hydrogens (tertiary/aromatic N) is 1. The second kappa shape index (κ2) is 8.52. The molecule has 2 unspecified atom stereocenters. The third-order valence-electron chi connectivity index (χ3n) is 4.16. The third-order valence-corrected chi connectivity index (χ3v) is 4.95. The first kappa shape index (κ1) is 19.2. The molecule has 7 heteroatoms. The average Bonchev–Trinajstić information content (AvgIpc) is 2.65. The minimum atomic E-state index is -4.04. The summed E-state index contributed by atoms with van der Waals surface area (Å²) in [6.07, 6.45) is 3.15. The predicted molar refractivity (Wildman–Crippen MR) is 72.5 cm³/mol. The molecule has 118 valence electrons. The van der Waals surface area contributed by atoms with Crippen LogP contribution in [-0.2, 0) is 19.7 Å². The summed E-state index contributed by atoms with van der Waals surface area (Å²) in [6, 6.07) is 0. The van der Waals surface area contributed by atoms with Crippen LogP contribution in [0.4, 0.5) is 0 Å². The van der Waals surface area contributed by atoms with Crippen LogP contribution in [0.3, 0.4) is 0 Å². The normalized spacial score (nSPS) is 29.4. The SMILES string of the molecule is CCC1C[N+](C)(CCCS(=O)(=O)[O-])CC1CC.O=C=O. The van der Waals surface area contributed by atoms with E-state index >= 15 is 0 Å². The van der Waals surface area contributed by atoms with E-state index in [0.29, 0.717) is 6.42 Å². The fourth-order valence-electron chi connectivity index (χ4n) is 3.24. The summed E-state index contributed by atoms with van der Waals surface area (Å²) in [5.41, 5.74) is 0. The minimum absolute atomic E-state index is 0.214. The summed E-state index contributed by atoms with van der Waals surface area (Å²) >= 11 is 0. The van der Waals surface area contributed by atoms with Crippen LogP contribution in [0, 0.1) is 11.8 Å². The highest BCUT2D eigenvalue weighted by Crippen LogP contribution is 2.32. The molecule has 1 heterocycles. The zero-order valence-corrected chi connectivity index (χ0v) is 13.3. The highest BCUT2D eigenvalue weighted by molar-refractivity contribution is 7.85. The number of hydrogen-bond acceptors (Lipinski definition) is 5. The monoisotopic (exact) mass is 307 g/mol. The van der Waals surface area contributed by atoms with Crippen LogP contribution >= 0.6 is 0 Å². The van der Waals surface area contributed by atoms with Gasteiger partial charge in [-0.2, -0.15) is 9.59 Å². The molecular formula is C13H25NO5S. The third kappa shape index (κ3) is 7.14. The van der Waals surface area contributed by atoms with Crippen molar-refractivity contribution in [3.8, 4) is 0 Å². The van der Waals surface area contributed by atoms with Crippen LogP contribution in [0.15, 0.2) is 0 Å². The van der Waals surface area contributed by atoms with Gasteiger partial charge in [0.05, 0.1) is 36.8 Å². The first-order valence-corrected chi connectivity index (χ1v) is 8.55. The Morgan fingerprint density at radius 3 is 1.85 bits per heavy atom. The van der Waals surface area contributed by atoms with Crippen molar-refractivity contribution in [2.45, 2.75) is 33.1 Å². The van der Waals surface area contributed by atoms with Gasteiger partial charge in [-0.05, 0) is 12.8 Å². The zero-order valence-electron chi connectivity index (χ0n) is 12.5. The summed E-state index contributed by atoms with van der Waals surface area (Å²) in [5.74, 6) is 1.30. The molecule has 1 aliphatic rings.